The molecule has 1 fully saturated rings. The molecule has 2 atom stereocenters. The van der Waals surface area contributed by atoms with E-state index in [9.17, 15) is 4.79 Å². The van der Waals surface area contributed by atoms with E-state index in [4.69, 9.17) is 4.74 Å². The van der Waals surface area contributed by atoms with Crippen molar-refractivity contribution in [1.29, 1.82) is 0 Å². The Morgan fingerprint density at radius 3 is 3.00 bits per heavy atom. The van der Waals surface area contributed by atoms with E-state index >= 15 is 0 Å². The number of alkyl halides is 1. The maximum absolute atomic E-state index is 11.0. The first-order valence-corrected chi connectivity index (χ1v) is 7.98. The van der Waals surface area contributed by atoms with E-state index in [0.29, 0.717) is 11.4 Å². The summed E-state index contributed by atoms with van der Waals surface area (Å²) >= 11 is 3.54. The number of nitrogens with zero attached hydrogens (tertiary/aromatic N) is 1. The summed E-state index contributed by atoms with van der Waals surface area (Å²) in [5, 5.41) is 3.91. The van der Waals surface area contributed by atoms with Crippen molar-refractivity contribution in [2.45, 2.75) is 30.7 Å². The second-order valence-electron chi connectivity index (χ2n) is 5.29. The zero-order valence-corrected chi connectivity index (χ0v) is 13.4. The van der Waals surface area contributed by atoms with Crippen molar-refractivity contribution in [1.82, 2.24) is 10.3 Å². The van der Waals surface area contributed by atoms with Crippen LogP contribution in [0.3, 0.4) is 0 Å². The van der Waals surface area contributed by atoms with E-state index < -0.39 is 0 Å². The third kappa shape index (κ3) is 3.53. The summed E-state index contributed by atoms with van der Waals surface area (Å²) in [6, 6.07) is 7.99. The highest BCUT2D eigenvalue weighted by molar-refractivity contribution is 9.09. The third-order valence-electron chi connectivity index (χ3n) is 3.52. The molecule has 1 aliphatic carbocycles. The molecule has 4 nitrogen and oxygen atoms in total. The summed E-state index contributed by atoms with van der Waals surface area (Å²) in [6.45, 7) is 2.16. The molecule has 1 aromatic heterocycles. The van der Waals surface area contributed by atoms with Crippen LogP contribution in [-0.2, 0) is 11.2 Å². The fourth-order valence-electron chi connectivity index (χ4n) is 2.29. The molecule has 1 amide bonds. The van der Waals surface area contributed by atoms with Gasteiger partial charge in [-0.05, 0) is 36.2 Å². The summed E-state index contributed by atoms with van der Waals surface area (Å²) in [5.74, 6) is 0.873. The molecule has 2 unspecified atom stereocenters. The summed E-state index contributed by atoms with van der Waals surface area (Å²) in [5.41, 5.74) is 2.12. The SMILES string of the molecule is CC(=O)NCCc1ccnc2ccc(OC3CC3Br)cc12. The number of nitrogens with one attached hydrogen (secondary N) is 1. The van der Waals surface area contributed by atoms with Gasteiger partial charge < -0.3 is 10.1 Å². The van der Waals surface area contributed by atoms with Crippen LogP contribution < -0.4 is 10.1 Å². The van der Waals surface area contributed by atoms with E-state index in [1.54, 1.807) is 6.20 Å². The average Bonchev–Trinajstić information content (AvgIpc) is 3.14. The Bertz CT molecular complexity index is 674. The smallest absolute Gasteiger partial charge is 0.216 e. The Kier molecular flexibility index (Phi) is 4.10. The largest absolute Gasteiger partial charge is 0.489 e. The van der Waals surface area contributed by atoms with Crippen molar-refractivity contribution in [3.63, 3.8) is 0 Å². The second kappa shape index (κ2) is 6.02. The van der Waals surface area contributed by atoms with E-state index in [0.717, 1.165) is 29.5 Å². The quantitative estimate of drug-likeness (QED) is 0.845. The highest BCUT2D eigenvalue weighted by atomic mass is 79.9. The van der Waals surface area contributed by atoms with Crippen LogP contribution in [0.15, 0.2) is 30.5 Å². The lowest BCUT2D eigenvalue weighted by atomic mass is 10.1. The van der Waals surface area contributed by atoms with Gasteiger partial charge in [0.15, 0.2) is 0 Å². The number of hydrogen-bond acceptors (Lipinski definition) is 3. The lowest BCUT2D eigenvalue weighted by Crippen LogP contribution is -2.22. The minimum Gasteiger partial charge on any atom is -0.489 e. The molecule has 5 heteroatoms. The van der Waals surface area contributed by atoms with Crippen molar-refractivity contribution >= 4 is 32.7 Å². The number of hydrogen-bond donors (Lipinski definition) is 1. The van der Waals surface area contributed by atoms with Crippen molar-refractivity contribution in [3.05, 3.63) is 36.0 Å². The Hall–Kier alpha value is -1.62. The Morgan fingerprint density at radius 1 is 1.48 bits per heavy atom. The standard InChI is InChI=1S/C16H17BrN2O2/c1-10(20)18-6-4-11-5-7-19-15-3-2-12(8-13(11)15)21-16-9-14(16)17/h2-3,5,7-8,14,16H,4,6,9H2,1H3,(H,18,20). The predicted molar refractivity (Wildman–Crippen MR) is 85.9 cm³/mol. The molecular formula is C16H17BrN2O2. The maximum Gasteiger partial charge on any atom is 0.216 e. The number of benzene rings is 1. The molecule has 21 heavy (non-hydrogen) atoms. The molecule has 0 radical (unpaired) electrons. The monoisotopic (exact) mass is 348 g/mol. The summed E-state index contributed by atoms with van der Waals surface area (Å²) in [7, 11) is 0. The molecule has 0 bridgehead atoms. The normalized spacial score (nSPS) is 20.3. The van der Waals surface area contributed by atoms with E-state index in [1.807, 2.05) is 24.3 Å². The van der Waals surface area contributed by atoms with Gasteiger partial charge in [0, 0.05) is 31.5 Å². The van der Waals surface area contributed by atoms with Gasteiger partial charge in [-0.25, -0.2) is 0 Å². The molecule has 0 spiro atoms. The third-order valence-corrected chi connectivity index (χ3v) is 4.48. The molecule has 0 aliphatic heterocycles. The fourth-order valence-corrected chi connectivity index (χ4v) is 2.76. The summed E-state index contributed by atoms with van der Waals surface area (Å²) in [6.07, 6.45) is 3.93. The first-order chi connectivity index (χ1) is 10.1. The topological polar surface area (TPSA) is 51.2 Å². The van der Waals surface area contributed by atoms with Crippen LogP contribution in [-0.4, -0.2) is 28.4 Å². The van der Waals surface area contributed by atoms with Crippen LogP contribution in [0.25, 0.3) is 10.9 Å². The number of ether oxygens (including phenoxy) is 1. The number of amides is 1. The molecule has 3 rings (SSSR count). The summed E-state index contributed by atoms with van der Waals surface area (Å²) in [4.78, 5) is 15.8. The van der Waals surface area contributed by atoms with E-state index in [2.05, 4.69) is 26.2 Å². The van der Waals surface area contributed by atoms with Crippen LogP contribution in [0.2, 0.25) is 0 Å². The molecule has 0 saturated heterocycles. The average molecular weight is 349 g/mol. The van der Waals surface area contributed by atoms with Gasteiger partial charge in [0.05, 0.1) is 10.3 Å². The van der Waals surface area contributed by atoms with Gasteiger partial charge >= 0.3 is 0 Å². The van der Waals surface area contributed by atoms with Crippen LogP contribution in [0.4, 0.5) is 0 Å². The Morgan fingerprint density at radius 2 is 2.29 bits per heavy atom. The second-order valence-corrected chi connectivity index (χ2v) is 6.47. The van der Waals surface area contributed by atoms with Crippen molar-refractivity contribution in [3.8, 4) is 5.75 Å². The first kappa shape index (κ1) is 14.3. The van der Waals surface area contributed by atoms with Crippen LogP contribution in [0, 0.1) is 0 Å². The van der Waals surface area contributed by atoms with Crippen molar-refractivity contribution < 1.29 is 9.53 Å². The molecule has 1 heterocycles. The molecular weight excluding hydrogens is 332 g/mol. The van der Waals surface area contributed by atoms with E-state index in [-0.39, 0.29) is 12.0 Å². The van der Waals surface area contributed by atoms with Crippen LogP contribution in [0.5, 0.6) is 5.75 Å². The molecule has 110 valence electrons. The molecule has 1 saturated carbocycles. The molecule has 2 aromatic rings. The molecule has 1 aliphatic rings. The molecule has 1 aromatic carbocycles. The highest BCUT2D eigenvalue weighted by Crippen LogP contribution is 2.35. The van der Waals surface area contributed by atoms with Crippen LogP contribution in [0.1, 0.15) is 18.9 Å². The zero-order chi connectivity index (χ0) is 14.8. The van der Waals surface area contributed by atoms with Crippen LogP contribution >= 0.6 is 15.9 Å². The number of carbonyl (C=O) groups excluding carboxylic acids is 1. The maximum atomic E-state index is 11.0. The van der Waals surface area contributed by atoms with Crippen molar-refractivity contribution in [2.75, 3.05) is 6.54 Å². The number of aromatic nitrogens is 1. The van der Waals surface area contributed by atoms with Gasteiger partial charge in [0.25, 0.3) is 0 Å². The van der Waals surface area contributed by atoms with Gasteiger partial charge in [-0.15, -0.1) is 0 Å². The number of carbonyl (C=O) groups is 1. The minimum atomic E-state index is -0.00511. The van der Waals surface area contributed by atoms with Gasteiger partial charge in [0.1, 0.15) is 11.9 Å². The van der Waals surface area contributed by atoms with Gasteiger partial charge in [0.2, 0.25) is 5.91 Å². The summed E-state index contributed by atoms with van der Waals surface area (Å²) < 4.78 is 5.90. The number of halogens is 1. The van der Waals surface area contributed by atoms with Gasteiger partial charge in [-0.1, -0.05) is 15.9 Å². The van der Waals surface area contributed by atoms with E-state index in [1.165, 1.54) is 12.5 Å². The zero-order valence-electron chi connectivity index (χ0n) is 11.8. The lowest BCUT2D eigenvalue weighted by Gasteiger charge is -2.09. The minimum absolute atomic E-state index is 0.00511. The Labute approximate surface area is 132 Å². The molecule has 1 N–H and O–H groups in total. The number of fused-ring (bicyclic) bond motifs is 1. The predicted octanol–water partition coefficient (Wildman–Crippen LogP) is 2.83. The number of rotatable bonds is 5. The van der Waals surface area contributed by atoms with Gasteiger partial charge in [-0.3, -0.25) is 9.78 Å². The van der Waals surface area contributed by atoms with Gasteiger partial charge in [-0.2, -0.15) is 0 Å². The fraction of sp³-hybridized carbons (Fsp3) is 0.375. The highest BCUT2D eigenvalue weighted by Gasteiger charge is 2.37. The first-order valence-electron chi connectivity index (χ1n) is 7.06. The Balaban J connectivity index is 1.81. The van der Waals surface area contributed by atoms with Crippen molar-refractivity contribution in [2.24, 2.45) is 0 Å². The lowest BCUT2D eigenvalue weighted by molar-refractivity contribution is -0.118. The number of pyridine rings is 1.